The van der Waals surface area contributed by atoms with Crippen molar-refractivity contribution in [3.8, 4) is 0 Å². The van der Waals surface area contributed by atoms with Crippen LogP contribution in [0.5, 0.6) is 0 Å². The van der Waals surface area contributed by atoms with Crippen LogP contribution in [0.1, 0.15) is 54.1 Å². The number of nitrogens with one attached hydrogen (secondary N) is 2. The quantitative estimate of drug-likeness (QED) is 0.607. The Morgan fingerprint density at radius 1 is 1.25 bits per heavy atom. The average Bonchev–Trinajstić information content (AvgIpc) is 2.86. The first-order chi connectivity index (χ1) is 13.2. The van der Waals surface area contributed by atoms with Crippen LogP contribution in [0, 0.1) is 19.8 Å². The van der Waals surface area contributed by atoms with Gasteiger partial charge in [0.05, 0.1) is 5.56 Å². The summed E-state index contributed by atoms with van der Waals surface area (Å²) in [6.07, 6.45) is 2.77. The maximum atomic E-state index is 12.7. The first-order valence-corrected chi connectivity index (χ1v) is 9.42. The molecule has 0 atom stereocenters. The molecule has 1 saturated carbocycles. The minimum absolute atomic E-state index is 0.365. The minimum Gasteiger partial charge on any atom is -0.452 e. The Labute approximate surface area is 163 Å². The van der Waals surface area contributed by atoms with Crippen LogP contribution in [-0.2, 0) is 14.3 Å². The summed E-state index contributed by atoms with van der Waals surface area (Å²) < 4.78 is 5.02. The van der Waals surface area contributed by atoms with Crippen LogP contribution in [0.3, 0.4) is 0 Å². The molecule has 1 spiro atoms. The molecule has 0 aromatic heterocycles. The minimum atomic E-state index is -0.938. The molecule has 1 saturated heterocycles. The average molecular weight is 387 g/mol. The number of hydrogen-bond acceptors (Lipinski definition) is 5. The second-order valence-electron chi connectivity index (χ2n) is 7.76. The molecule has 0 unspecified atom stereocenters. The smallest absolute Gasteiger partial charge is 0.344 e. The number of urea groups is 1. The van der Waals surface area contributed by atoms with Crippen LogP contribution in [0.25, 0.3) is 0 Å². The van der Waals surface area contributed by atoms with Crippen molar-refractivity contribution in [2.45, 2.75) is 52.0 Å². The number of carbonyl (C=O) groups excluding carboxylic acids is 4. The molecule has 4 amide bonds. The molecule has 8 nitrogen and oxygen atoms in total. The second-order valence-corrected chi connectivity index (χ2v) is 7.76. The van der Waals surface area contributed by atoms with Crippen molar-refractivity contribution in [3.63, 3.8) is 0 Å². The van der Waals surface area contributed by atoms with Crippen molar-refractivity contribution >= 4 is 23.8 Å². The molecule has 3 rings (SSSR count). The molecule has 0 bridgehead atoms. The maximum absolute atomic E-state index is 12.7. The molecule has 1 aliphatic heterocycles. The van der Waals surface area contributed by atoms with Crippen LogP contribution < -0.4 is 10.7 Å². The van der Waals surface area contributed by atoms with E-state index in [1.807, 2.05) is 13.0 Å². The van der Waals surface area contributed by atoms with Gasteiger partial charge in [-0.3, -0.25) is 15.0 Å². The number of aryl methyl sites for hydroxylation is 2. The lowest BCUT2D eigenvalue weighted by molar-refractivity contribution is -0.141. The van der Waals surface area contributed by atoms with E-state index >= 15 is 0 Å². The fourth-order valence-electron chi connectivity index (χ4n) is 3.72. The van der Waals surface area contributed by atoms with Crippen molar-refractivity contribution in [1.82, 2.24) is 15.8 Å². The van der Waals surface area contributed by atoms with E-state index in [0.29, 0.717) is 29.3 Å². The lowest BCUT2D eigenvalue weighted by Crippen LogP contribution is -2.52. The third kappa shape index (κ3) is 3.85. The largest absolute Gasteiger partial charge is 0.452 e. The van der Waals surface area contributed by atoms with Crippen molar-refractivity contribution in [2.75, 3.05) is 6.61 Å². The summed E-state index contributed by atoms with van der Waals surface area (Å²) in [4.78, 5) is 49.2. The number of ether oxygens (including phenoxy) is 1. The van der Waals surface area contributed by atoms with Crippen LogP contribution in [0.4, 0.5) is 4.79 Å². The molecule has 1 heterocycles. The molecule has 0 radical (unpaired) electrons. The zero-order chi connectivity index (χ0) is 20.5. The fourth-order valence-corrected chi connectivity index (χ4v) is 3.72. The number of imide groups is 1. The van der Waals surface area contributed by atoms with E-state index in [2.05, 4.69) is 17.7 Å². The molecule has 2 aliphatic rings. The zero-order valence-electron chi connectivity index (χ0n) is 16.3. The van der Waals surface area contributed by atoms with Gasteiger partial charge in [-0.15, -0.1) is 0 Å². The third-order valence-corrected chi connectivity index (χ3v) is 5.46. The molecule has 2 fully saturated rings. The predicted octanol–water partition coefficient (Wildman–Crippen LogP) is 1.99. The van der Waals surface area contributed by atoms with E-state index in [0.717, 1.165) is 24.0 Å². The van der Waals surface area contributed by atoms with E-state index in [4.69, 9.17) is 4.74 Å². The number of benzene rings is 1. The number of hydrogen-bond donors (Lipinski definition) is 2. The molecule has 2 N–H and O–H groups in total. The predicted molar refractivity (Wildman–Crippen MR) is 100 cm³/mol. The van der Waals surface area contributed by atoms with Gasteiger partial charge in [-0.05, 0) is 57.1 Å². The summed E-state index contributed by atoms with van der Waals surface area (Å²) in [5.41, 5.74) is 3.43. The van der Waals surface area contributed by atoms with E-state index < -0.39 is 36.0 Å². The number of nitrogens with zero attached hydrogens (tertiary/aromatic N) is 1. The van der Waals surface area contributed by atoms with Gasteiger partial charge in [0.25, 0.3) is 11.8 Å². The fraction of sp³-hybridized carbons (Fsp3) is 0.500. The van der Waals surface area contributed by atoms with Gasteiger partial charge in [-0.1, -0.05) is 24.6 Å². The SMILES string of the molecule is Cc1ccc(C(=O)OCC(=O)NN2C(=O)NC3(CCC(C)CC3)C2=O)c(C)c1. The lowest BCUT2D eigenvalue weighted by Gasteiger charge is -2.33. The Kier molecular flexibility index (Phi) is 5.40. The normalized spacial score (nSPS) is 24.2. The van der Waals surface area contributed by atoms with Gasteiger partial charge in [0.1, 0.15) is 5.54 Å². The molecule has 150 valence electrons. The molecule has 8 heteroatoms. The van der Waals surface area contributed by atoms with Crippen molar-refractivity contribution in [2.24, 2.45) is 5.92 Å². The Morgan fingerprint density at radius 3 is 2.57 bits per heavy atom. The summed E-state index contributed by atoms with van der Waals surface area (Å²) in [6.45, 7) is 5.21. The molecular weight excluding hydrogens is 362 g/mol. The second kappa shape index (κ2) is 7.61. The molecule has 1 aromatic carbocycles. The highest BCUT2D eigenvalue weighted by Gasteiger charge is 2.52. The summed E-state index contributed by atoms with van der Waals surface area (Å²) in [5.74, 6) is -1.34. The van der Waals surface area contributed by atoms with Gasteiger partial charge in [0.15, 0.2) is 6.61 Å². The van der Waals surface area contributed by atoms with Crippen LogP contribution >= 0.6 is 0 Å². The van der Waals surface area contributed by atoms with Gasteiger partial charge >= 0.3 is 12.0 Å². The molecular formula is C20H25N3O5. The Morgan fingerprint density at radius 2 is 1.93 bits per heavy atom. The van der Waals surface area contributed by atoms with Crippen LogP contribution in [-0.4, -0.2) is 41.0 Å². The first kappa shape index (κ1) is 19.9. The highest BCUT2D eigenvalue weighted by Crippen LogP contribution is 2.35. The van der Waals surface area contributed by atoms with Gasteiger partial charge < -0.3 is 10.1 Å². The maximum Gasteiger partial charge on any atom is 0.344 e. The van der Waals surface area contributed by atoms with Crippen molar-refractivity contribution in [1.29, 1.82) is 0 Å². The lowest BCUT2D eigenvalue weighted by atomic mass is 9.77. The number of esters is 1. The van der Waals surface area contributed by atoms with E-state index in [1.54, 1.807) is 19.1 Å². The topological polar surface area (TPSA) is 105 Å². The summed E-state index contributed by atoms with van der Waals surface area (Å²) in [7, 11) is 0. The van der Waals surface area contributed by atoms with Crippen molar-refractivity contribution in [3.05, 3.63) is 34.9 Å². The monoisotopic (exact) mass is 387 g/mol. The Bertz CT molecular complexity index is 827. The molecule has 1 aromatic rings. The van der Waals surface area contributed by atoms with Crippen molar-refractivity contribution < 1.29 is 23.9 Å². The Hall–Kier alpha value is -2.90. The number of hydrazine groups is 1. The Balaban J connectivity index is 1.57. The molecule has 28 heavy (non-hydrogen) atoms. The first-order valence-electron chi connectivity index (χ1n) is 9.42. The highest BCUT2D eigenvalue weighted by molar-refractivity contribution is 6.08. The van der Waals surface area contributed by atoms with E-state index in [-0.39, 0.29) is 0 Å². The van der Waals surface area contributed by atoms with E-state index in [9.17, 15) is 19.2 Å². The number of amides is 4. The summed E-state index contributed by atoms with van der Waals surface area (Å²) >= 11 is 0. The summed E-state index contributed by atoms with van der Waals surface area (Å²) in [5, 5.41) is 3.41. The van der Waals surface area contributed by atoms with Gasteiger partial charge in [-0.2, -0.15) is 5.01 Å². The zero-order valence-corrected chi connectivity index (χ0v) is 16.3. The standard InChI is InChI=1S/C20H25N3O5/c1-12-6-8-20(9-7-12)18(26)23(19(27)21-20)22-16(24)11-28-17(25)15-5-4-13(2)10-14(15)3/h4-5,10,12H,6-9,11H2,1-3H3,(H,21,27)(H,22,24). The number of rotatable bonds is 4. The summed E-state index contributed by atoms with van der Waals surface area (Å²) in [6, 6.07) is 4.60. The van der Waals surface area contributed by atoms with Crippen LogP contribution in [0.15, 0.2) is 18.2 Å². The van der Waals surface area contributed by atoms with Crippen LogP contribution in [0.2, 0.25) is 0 Å². The van der Waals surface area contributed by atoms with Gasteiger partial charge in [0.2, 0.25) is 0 Å². The van der Waals surface area contributed by atoms with Gasteiger partial charge in [-0.25, -0.2) is 9.59 Å². The third-order valence-electron chi connectivity index (χ3n) is 5.46. The van der Waals surface area contributed by atoms with E-state index in [1.165, 1.54) is 0 Å². The highest BCUT2D eigenvalue weighted by atomic mass is 16.5. The molecule has 1 aliphatic carbocycles. The van der Waals surface area contributed by atoms with Gasteiger partial charge in [0, 0.05) is 0 Å². The number of carbonyl (C=O) groups is 4.